The van der Waals surface area contributed by atoms with E-state index in [-0.39, 0.29) is 11.7 Å². The number of pyridine rings is 1. The molecule has 1 N–H and O–H groups in total. The minimum absolute atomic E-state index is 0.101. The number of fused-ring (bicyclic) bond motifs is 3. The molecule has 7 nitrogen and oxygen atoms in total. The highest BCUT2D eigenvalue weighted by molar-refractivity contribution is 6.04. The van der Waals surface area contributed by atoms with Gasteiger partial charge in [-0.2, -0.15) is 0 Å². The van der Waals surface area contributed by atoms with Crippen molar-refractivity contribution in [2.75, 3.05) is 7.11 Å². The Hall–Kier alpha value is -3.87. The third kappa shape index (κ3) is 3.00. The van der Waals surface area contributed by atoms with Crippen LogP contribution in [-0.4, -0.2) is 26.8 Å². The average molecular weight is 428 g/mol. The van der Waals surface area contributed by atoms with E-state index in [0.717, 1.165) is 51.0 Å². The number of H-pyrrole nitrogens is 1. The first-order chi connectivity index (χ1) is 15.5. The Morgan fingerprint density at radius 3 is 2.62 bits per heavy atom. The maximum Gasteiger partial charge on any atom is 0.327 e. The molecule has 5 rings (SSSR count). The Bertz CT molecular complexity index is 1480. The molecule has 0 amide bonds. The molecule has 0 radical (unpaired) electrons. The van der Waals surface area contributed by atoms with E-state index < -0.39 is 0 Å². The lowest BCUT2D eigenvalue weighted by molar-refractivity contribution is 0.393. The largest absolute Gasteiger partial charge is 0.496 e. The maximum atomic E-state index is 13.1. The number of methoxy groups -OCH3 is 1. The summed E-state index contributed by atoms with van der Waals surface area (Å²) in [6.07, 6.45) is 2.49. The second-order valence-corrected chi connectivity index (χ2v) is 7.92. The summed E-state index contributed by atoms with van der Waals surface area (Å²) in [6.45, 7) is 5.87. The van der Waals surface area contributed by atoms with Crippen LogP contribution in [0.5, 0.6) is 5.75 Å². The van der Waals surface area contributed by atoms with Gasteiger partial charge in [0.2, 0.25) is 0 Å². The molecule has 3 aromatic heterocycles. The highest BCUT2D eigenvalue weighted by Gasteiger charge is 2.22. The van der Waals surface area contributed by atoms with Crippen LogP contribution in [0.1, 0.15) is 36.4 Å². The third-order valence-electron chi connectivity index (χ3n) is 6.05. The topological polar surface area (TPSA) is 85.9 Å². The number of hydrogen-bond acceptors (Lipinski definition) is 5. The van der Waals surface area contributed by atoms with Crippen molar-refractivity contribution < 1.29 is 9.26 Å². The molecular formula is C25H24N4O3. The van der Waals surface area contributed by atoms with Gasteiger partial charge in [0.15, 0.2) is 0 Å². The Labute approximate surface area is 184 Å². The number of nitrogens with zero attached hydrogens (tertiary/aromatic N) is 3. The molecule has 0 spiro atoms. The zero-order chi connectivity index (χ0) is 22.4. The minimum atomic E-state index is -0.154. The van der Waals surface area contributed by atoms with Crippen LogP contribution >= 0.6 is 0 Å². The molecule has 0 saturated heterocycles. The summed E-state index contributed by atoms with van der Waals surface area (Å²) in [6, 6.07) is 13.9. The SMILES string of the molecule is CC[C@H](c1ccccc1)n1c(=O)[nH]c2cnc3cc(-c4c(C)noc4C)c(OC)cc3c21. The molecule has 32 heavy (non-hydrogen) atoms. The standard InChI is InChI=1S/C25H24N4O3/c1-5-21(16-9-7-6-8-10-16)29-24-17-12-22(31-4)18(23-14(2)28-32-15(23)3)11-19(17)26-13-20(24)27-25(29)30/h6-13,21H,5H2,1-4H3,(H,27,30)/t21-/m1/s1. The van der Waals surface area contributed by atoms with E-state index in [9.17, 15) is 4.79 Å². The van der Waals surface area contributed by atoms with E-state index in [4.69, 9.17) is 9.26 Å². The molecule has 0 saturated carbocycles. The third-order valence-corrected chi connectivity index (χ3v) is 6.05. The first kappa shape index (κ1) is 20.1. The van der Waals surface area contributed by atoms with Crippen LogP contribution in [0, 0.1) is 13.8 Å². The number of ether oxygens (including phenoxy) is 1. The predicted molar refractivity (Wildman–Crippen MR) is 124 cm³/mol. The first-order valence-electron chi connectivity index (χ1n) is 10.6. The lowest BCUT2D eigenvalue weighted by Gasteiger charge is -2.18. The molecular weight excluding hydrogens is 404 g/mol. The molecule has 1 atom stereocenters. The van der Waals surface area contributed by atoms with Gasteiger partial charge in [0.1, 0.15) is 11.5 Å². The van der Waals surface area contributed by atoms with E-state index in [0.29, 0.717) is 11.3 Å². The fraction of sp³-hybridized carbons (Fsp3) is 0.240. The lowest BCUT2D eigenvalue weighted by atomic mass is 10.00. The van der Waals surface area contributed by atoms with Gasteiger partial charge in [-0.3, -0.25) is 9.55 Å². The maximum absolute atomic E-state index is 13.1. The average Bonchev–Trinajstić information content (AvgIpc) is 3.32. The fourth-order valence-corrected chi connectivity index (χ4v) is 4.60. The van der Waals surface area contributed by atoms with Gasteiger partial charge >= 0.3 is 5.69 Å². The van der Waals surface area contributed by atoms with Crippen LogP contribution in [0.2, 0.25) is 0 Å². The molecule has 3 heterocycles. The van der Waals surface area contributed by atoms with Crippen molar-refractivity contribution in [1.29, 1.82) is 0 Å². The molecule has 5 aromatic rings. The van der Waals surface area contributed by atoms with Gasteiger partial charge in [-0.05, 0) is 38.0 Å². The number of hydrogen-bond donors (Lipinski definition) is 1. The molecule has 0 unspecified atom stereocenters. The number of nitrogens with one attached hydrogen (secondary N) is 1. The van der Waals surface area contributed by atoms with Gasteiger partial charge in [-0.15, -0.1) is 0 Å². The van der Waals surface area contributed by atoms with E-state index in [1.165, 1.54) is 0 Å². The highest BCUT2D eigenvalue weighted by Crippen LogP contribution is 2.39. The highest BCUT2D eigenvalue weighted by atomic mass is 16.5. The summed E-state index contributed by atoms with van der Waals surface area (Å²) in [4.78, 5) is 20.7. The molecule has 0 aliphatic heterocycles. The van der Waals surface area contributed by atoms with Crippen molar-refractivity contribution in [1.82, 2.24) is 19.7 Å². The monoisotopic (exact) mass is 428 g/mol. The van der Waals surface area contributed by atoms with E-state index in [1.54, 1.807) is 13.3 Å². The van der Waals surface area contributed by atoms with E-state index in [1.807, 2.05) is 48.7 Å². The summed E-state index contributed by atoms with van der Waals surface area (Å²) in [5, 5.41) is 4.93. The molecule has 7 heteroatoms. The fourth-order valence-electron chi connectivity index (χ4n) is 4.60. The molecule has 0 aliphatic rings. The predicted octanol–water partition coefficient (Wildman–Crippen LogP) is 5.16. The number of rotatable bonds is 5. The molecule has 2 aromatic carbocycles. The van der Waals surface area contributed by atoms with Crippen molar-refractivity contribution in [3.05, 3.63) is 76.2 Å². The second-order valence-electron chi connectivity index (χ2n) is 7.92. The first-order valence-corrected chi connectivity index (χ1v) is 10.6. The van der Waals surface area contributed by atoms with Gasteiger partial charge < -0.3 is 14.2 Å². The summed E-state index contributed by atoms with van der Waals surface area (Å²) in [7, 11) is 1.64. The molecule has 162 valence electrons. The molecule has 0 aliphatic carbocycles. The van der Waals surface area contributed by atoms with E-state index in [2.05, 4.69) is 34.2 Å². The van der Waals surface area contributed by atoms with Crippen molar-refractivity contribution in [3.8, 4) is 16.9 Å². The second kappa shape index (κ2) is 7.67. The Balaban J connectivity index is 1.83. The Kier molecular flexibility index (Phi) is 4.81. The van der Waals surface area contributed by atoms with Gasteiger partial charge in [0.05, 0.1) is 47.2 Å². The van der Waals surface area contributed by atoms with Gasteiger partial charge in [0, 0.05) is 10.9 Å². The van der Waals surface area contributed by atoms with Crippen LogP contribution < -0.4 is 10.4 Å². The van der Waals surface area contributed by atoms with Crippen LogP contribution in [0.3, 0.4) is 0 Å². The Morgan fingerprint density at radius 1 is 1.19 bits per heavy atom. The number of aromatic amines is 1. The number of aryl methyl sites for hydroxylation is 2. The Morgan fingerprint density at radius 2 is 1.97 bits per heavy atom. The normalized spacial score (nSPS) is 12.5. The number of aromatic nitrogens is 4. The quantitative estimate of drug-likeness (QED) is 0.418. The number of imidazole rings is 1. The summed E-state index contributed by atoms with van der Waals surface area (Å²) in [5.74, 6) is 1.39. The smallest absolute Gasteiger partial charge is 0.327 e. The lowest BCUT2D eigenvalue weighted by Crippen LogP contribution is -2.22. The zero-order valence-corrected chi connectivity index (χ0v) is 18.5. The van der Waals surface area contributed by atoms with Gasteiger partial charge in [-0.1, -0.05) is 42.4 Å². The van der Waals surface area contributed by atoms with Crippen molar-refractivity contribution in [2.45, 2.75) is 33.2 Å². The van der Waals surface area contributed by atoms with Crippen LogP contribution in [-0.2, 0) is 0 Å². The van der Waals surface area contributed by atoms with Crippen LogP contribution in [0.4, 0.5) is 0 Å². The molecule has 0 fully saturated rings. The van der Waals surface area contributed by atoms with Gasteiger partial charge in [0.25, 0.3) is 0 Å². The molecule has 0 bridgehead atoms. The van der Waals surface area contributed by atoms with Crippen LogP contribution in [0.25, 0.3) is 33.1 Å². The van der Waals surface area contributed by atoms with Crippen molar-refractivity contribution >= 4 is 21.9 Å². The van der Waals surface area contributed by atoms with Gasteiger partial charge in [-0.25, -0.2) is 4.79 Å². The summed E-state index contributed by atoms with van der Waals surface area (Å²) < 4.78 is 13.0. The number of benzene rings is 2. The summed E-state index contributed by atoms with van der Waals surface area (Å²) >= 11 is 0. The zero-order valence-electron chi connectivity index (χ0n) is 18.5. The summed E-state index contributed by atoms with van der Waals surface area (Å²) in [5.41, 5.74) is 5.76. The van der Waals surface area contributed by atoms with E-state index >= 15 is 0 Å². The van der Waals surface area contributed by atoms with Crippen molar-refractivity contribution in [3.63, 3.8) is 0 Å². The minimum Gasteiger partial charge on any atom is -0.496 e. The van der Waals surface area contributed by atoms with Crippen LogP contribution in [0.15, 0.2) is 58.0 Å². The van der Waals surface area contributed by atoms with Crippen molar-refractivity contribution in [2.24, 2.45) is 0 Å².